The van der Waals surface area contributed by atoms with E-state index in [2.05, 4.69) is 25.5 Å². The molecule has 0 unspecified atom stereocenters. The summed E-state index contributed by atoms with van der Waals surface area (Å²) in [6, 6.07) is 14.3. The minimum atomic E-state index is -1.18. The smallest absolute Gasteiger partial charge is 0.376 e. The highest BCUT2D eigenvalue weighted by molar-refractivity contribution is 6.01. The Morgan fingerprint density at radius 1 is 1.07 bits per heavy atom. The second-order valence-corrected chi connectivity index (χ2v) is 5.58. The van der Waals surface area contributed by atoms with E-state index in [1.165, 1.54) is 37.4 Å². The van der Waals surface area contributed by atoms with Crippen LogP contribution in [0.1, 0.15) is 22.8 Å². The van der Waals surface area contributed by atoms with Crippen LogP contribution in [-0.4, -0.2) is 40.9 Å². The monoisotopic (exact) mass is 410 g/mol. The van der Waals surface area contributed by atoms with Crippen LogP contribution in [0.5, 0.6) is 0 Å². The average molecular weight is 410 g/mol. The van der Waals surface area contributed by atoms with E-state index in [9.17, 15) is 19.5 Å². The van der Waals surface area contributed by atoms with Crippen molar-refractivity contribution in [1.82, 2.24) is 5.43 Å². The van der Waals surface area contributed by atoms with Crippen molar-refractivity contribution in [3.63, 3.8) is 0 Å². The molecule has 0 saturated heterocycles. The fraction of sp³-hybridized carbons (Fsp3) is 0.100. The van der Waals surface area contributed by atoms with Gasteiger partial charge in [-0.05, 0) is 30.7 Å². The Morgan fingerprint density at radius 3 is 2.47 bits per heavy atom. The number of carboxylic acid groups (broad SMARTS) is 1. The lowest BCUT2D eigenvalue weighted by molar-refractivity contribution is -0.142. The van der Waals surface area contributed by atoms with Crippen LogP contribution in [0.15, 0.2) is 81.4 Å². The Kier molecular flexibility index (Phi) is 7.94. The number of amides is 1. The van der Waals surface area contributed by atoms with Crippen LogP contribution in [0.3, 0.4) is 0 Å². The SMILES string of the molecule is CCOC(=O)/C(O)=C(/N=Nc1cccc(C(=O)O)c1)C(=O)NN=Cc1ccccc1. The molecule has 0 bridgehead atoms. The van der Waals surface area contributed by atoms with Gasteiger partial charge in [0.1, 0.15) is 0 Å². The van der Waals surface area contributed by atoms with E-state index in [0.717, 1.165) is 0 Å². The number of carbonyl (C=O) groups excluding carboxylic acids is 2. The first kappa shape index (κ1) is 22.0. The molecule has 2 aromatic carbocycles. The molecule has 0 aliphatic rings. The lowest BCUT2D eigenvalue weighted by Crippen LogP contribution is -2.22. The van der Waals surface area contributed by atoms with Crippen molar-refractivity contribution in [2.45, 2.75) is 6.92 Å². The highest BCUT2D eigenvalue weighted by atomic mass is 16.5. The summed E-state index contributed by atoms with van der Waals surface area (Å²) < 4.78 is 4.67. The number of nitrogens with zero attached hydrogens (tertiary/aromatic N) is 3. The van der Waals surface area contributed by atoms with Crippen LogP contribution in [0.2, 0.25) is 0 Å². The van der Waals surface area contributed by atoms with Gasteiger partial charge in [-0.2, -0.15) is 10.2 Å². The Bertz CT molecular complexity index is 1010. The fourth-order valence-electron chi connectivity index (χ4n) is 2.06. The topological polar surface area (TPSA) is 150 Å². The number of esters is 1. The summed E-state index contributed by atoms with van der Waals surface area (Å²) in [6.45, 7) is 1.48. The molecule has 0 fully saturated rings. The maximum Gasteiger partial charge on any atom is 0.376 e. The quantitative estimate of drug-likeness (QED) is 0.152. The van der Waals surface area contributed by atoms with Gasteiger partial charge < -0.3 is 14.9 Å². The third-order valence-electron chi connectivity index (χ3n) is 3.45. The van der Waals surface area contributed by atoms with E-state index in [1.54, 1.807) is 24.3 Å². The average Bonchev–Trinajstić information content (AvgIpc) is 2.75. The van der Waals surface area contributed by atoms with Crippen LogP contribution >= 0.6 is 0 Å². The number of rotatable bonds is 8. The number of ether oxygens (including phenoxy) is 1. The molecule has 2 rings (SSSR count). The van der Waals surface area contributed by atoms with E-state index in [1.807, 2.05) is 6.07 Å². The van der Waals surface area contributed by atoms with Gasteiger partial charge >= 0.3 is 11.9 Å². The minimum Gasteiger partial charge on any atom is -0.500 e. The van der Waals surface area contributed by atoms with Gasteiger partial charge in [0.15, 0.2) is 0 Å². The maximum absolute atomic E-state index is 12.4. The van der Waals surface area contributed by atoms with Gasteiger partial charge in [0.25, 0.3) is 5.91 Å². The maximum atomic E-state index is 12.4. The summed E-state index contributed by atoms with van der Waals surface area (Å²) in [5.41, 5.74) is 2.12. The first-order chi connectivity index (χ1) is 14.4. The summed E-state index contributed by atoms with van der Waals surface area (Å²) in [5, 5.41) is 30.1. The normalized spacial score (nSPS) is 11.9. The molecule has 1 amide bonds. The van der Waals surface area contributed by atoms with E-state index >= 15 is 0 Å². The Balaban J connectivity index is 2.28. The molecular weight excluding hydrogens is 392 g/mol. The van der Waals surface area contributed by atoms with Crippen LogP contribution in [0.4, 0.5) is 5.69 Å². The zero-order valence-electron chi connectivity index (χ0n) is 15.8. The number of carbonyl (C=O) groups is 3. The van der Waals surface area contributed by atoms with Crippen molar-refractivity contribution < 1.29 is 29.3 Å². The number of aromatic carboxylic acids is 1. The van der Waals surface area contributed by atoms with Crippen LogP contribution in [-0.2, 0) is 14.3 Å². The van der Waals surface area contributed by atoms with Gasteiger partial charge in [-0.1, -0.05) is 36.4 Å². The number of aliphatic hydroxyl groups is 1. The predicted molar refractivity (Wildman–Crippen MR) is 106 cm³/mol. The number of azo groups is 1. The van der Waals surface area contributed by atoms with Crippen molar-refractivity contribution in [2.75, 3.05) is 6.61 Å². The van der Waals surface area contributed by atoms with Gasteiger partial charge in [0.2, 0.25) is 11.5 Å². The second kappa shape index (κ2) is 10.9. The number of hydrogen-bond acceptors (Lipinski definition) is 8. The zero-order chi connectivity index (χ0) is 21.9. The molecule has 0 aromatic heterocycles. The Labute approximate surface area is 171 Å². The summed E-state index contributed by atoms with van der Waals surface area (Å²) in [4.78, 5) is 35.2. The number of nitrogens with one attached hydrogen (secondary N) is 1. The number of aliphatic hydroxyl groups excluding tert-OH is 1. The molecule has 10 nitrogen and oxygen atoms in total. The first-order valence-corrected chi connectivity index (χ1v) is 8.66. The molecule has 0 heterocycles. The molecule has 0 aliphatic heterocycles. The van der Waals surface area contributed by atoms with E-state index in [4.69, 9.17) is 5.11 Å². The first-order valence-electron chi connectivity index (χ1n) is 8.66. The van der Waals surface area contributed by atoms with Crippen molar-refractivity contribution >= 4 is 29.7 Å². The van der Waals surface area contributed by atoms with Gasteiger partial charge in [-0.3, -0.25) is 4.79 Å². The highest BCUT2D eigenvalue weighted by Crippen LogP contribution is 2.17. The number of hydrazone groups is 1. The van der Waals surface area contributed by atoms with E-state index in [0.29, 0.717) is 5.56 Å². The van der Waals surface area contributed by atoms with Crippen LogP contribution in [0, 0.1) is 0 Å². The summed E-state index contributed by atoms with van der Waals surface area (Å²) in [6.07, 6.45) is 1.35. The number of benzene rings is 2. The van der Waals surface area contributed by atoms with Gasteiger partial charge in [0.05, 0.1) is 24.1 Å². The Hall–Kier alpha value is -4.34. The van der Waals surface area contributed by atoms with E-state index < -0.39 is 29.3 Å². The number of carboxylic acids is 1. The molecule has 0 aliphatic carbocycles. The number of hydrogen-bond donors (Lipinski definition) is 3. The van der Waals surface area contributed by atoms with Crippen LogP contribution < -0.4 is 5.43 Å². The van der Waals surface area contributed by atoms with Gasteiger partial charge in [0, 0.05) is 0 Å². The van der Waals surface area contributed by atoms with Crippen molar-refractivity contribution in [3.05, 3.63) is 77.2 Å². The van der Waals surface area contributed by atoms with Crippen molar-refractivity contribution in [3.8, 4) is 0 Å². The summed E-state index contributed by atoms with van der Waals surface area (Å²) in [5.74, 6) is -4.44. The zero-order valence-corrected chi connectivity index (χ0v) is 15.8. The third-order valence-corrected chi connectivity index (χ3v) is 3.45. The van der Waals surface area contributed by atoms with Crippen LogP contribution in [0.25, 0.3) is 0 Å². The molecule has 0 radical (unpaired) electrons. The summed E-state index contributed by atoms with van der Waals surface area (Å²) in [7, 11) is 0. The van der Waals surface area contributed by atoms with Crippen molar-refractivity contribution in [2.24, 2.45) is 15.3 Å². The molecule has 0 atom stereocenters. The molecule has 0 saturated carbocycles. The largest absolute Gasteiger partial charge is 0.500 e. The van der Waals surface area contributed by atoms with Gasteiger partial charge in [-0.15, -0.1) is 5.11 Å². The third kappa shape index (κ3) is 6.37. The molecule has 154 valence electrons. The van der Waals surface area contributed by atoms with Gasteiger partial charge in [-0.25, -0.2) is 15.0 Å². The predicted octanol–water partition coefficient (Wildman–Crippen LogP) is 2.95. The minimum absolute atomic E-state index is 0.0399. The molecule has 30 heavy (non-hydrogen) atoms. The molecular formula is C20H18N4O6. The molecule has 10 heteroatoms. The lowest BCUT2D eigenvalue weighted by atomic mass is 10.2. The van der Waals surface area contributed by atoms with E-state index in [-0.39, 0.29) is 17.9 Å². The molecule has 2 aromatic rings. The highest BCUT2D eigenvalue weighted by Gasteiger charge is 2.22. The molecule has 0 spiro atoms. The van der Waals surface area contributed by atoms with Crippen molar-refractivity contribution in [1.29, 1.82) is 0 Å². The molecule has 3 N–H and O–H groups in total. The lowest BCUT2D eigenvalue weighted by Gasteiger charge is -2.04. The second-order valence-electron chi connectivity index (χ2n) is 5.58. The Morgan fingerprint density at radius 2 is 1.80 bits per heavy atom. The standard InChI is InChI=1S/C20H18N4O6/c1-2-30-20(29)17(25)16(18(26)24-21-12-13-7-4-3-5-8-13)23-22-15-10-6-9-14(11-15)19(27)28/h3-12,25H,2H2,1H3,(H,24,26)(H,27,28)/b17-16-,21-12?,23-22?. The summed E-state index contributed by atoms with van der Waals surface area (Å²) >= 11 is 0. The fourth-order valence-corrected chi connectivity index (χ4v) is 2.06.